The number of nitrogens with zero attached hydrogens (tertiary/aromatic N) is 2. The van der Waals surface area contributed by atoms with Crippen LogP contribution >= 0.6 is 0 Å². The summed E-state index contributed by atoms with van der Waals surface area (Å²) < 4.78 is 5.27. The first-order valence-electron chi connectivity index (χ1n) is 6.37. The molecule has 0 bridgehead atoms. The number of hydrogen-bond acceptors (Lipinski definition) is 5. The fourth-order valence-electron chi connectivity index (χ4n) is 1.87. The quantitative estimate of drug-likeness (QED) is 0.685. The van der Waals surface area contributed by atoms with Gasteiger partial charge in [0.25, 0.3) is 0 Å². The lowest BCUT2D eigenvalue weighted by molar-refractivity contribution is 0.0380. The summed E-state index contributed by atoms with van der Waals surface area (Å²) in [5.74, 6) is -0.443. The summed E-state index contributed by atoms with van der Waals surface area (Å²) in [5.41, 5.74) is 8.86. The first-order valence-corrected chi connectivity index (χ1v) is 6.37. The SMILES string of the molecule is Cc1ccc(-c2cnccn2)c(C(=O)OC(C)C)c1N. The van der Waals surface area contributed by atoms with Gasteiger partial charge in [-0.3, -0.25) is 9.97 Å². The number of nitrogen functional groups attached to an aromatic ring is 1. The normalized spacial score (nSPS) is 10.6. The van der Waals surface area contributed by atoms with Crippen molar-refractivity contribution in [1.29, 1.82) is 0 Å². The Morgan fingerprint density at radius 3 is 2.65 bits per heavy atom. The van der Waals surface area contributed by atoms with Gasteiger partial charge in [-0.05, 0) is 26.3 Å². The molecule has 1 aromatic heterocycles. The van der Waals surface area contributed by atoms with E-state index in [9.17, 15) is 4.79 Å². The van der Waals surface area contributed by atoms with Crippen LogP contribution in [-0.2, 0) is 4.74 Å². The Bertz CT molecular complexity index is 625. The van der Waals surface area contributed by atoms with E-state index in [2.05, 4.69) is 9.97 Å². The summed E-state index contributed by atoms with van der Waals surface area (Å²) in [5, 5.41) is 0. The van der Waals surface area contributed by atoms with Crippen LogP contribution in [0.2, 0.25) is 0 Å². The van der Waals surface area contributed by atoms with Gasteiger partial charge < -0.3 is 10.5 Å². The fourth-order valence-corrected chi connectivity index (χ4v) is 1.87. The number of carbonyl (C=O) groups excluding carboxylic acids is 1. The lowest BCUT2D eigenvalue weighted by Gasteiger charge is -2.15. The van der Waals surface area contributed by atoms with E-state index < -0.39 is 5.97 Å². The molecule has 0 amide bonds. The molecule has 20 heavy (non-hydrogen) atoms. The maximum Gasteiger partial charge on any atom is 0.341 e. The molecule has 5 heteroatoms. The van der Waals surface area contributed by atoms with E-state index in [1.54, 1.807) is 32.4 Å². The first kappa shape index (κ1) is 14.0. The van der Waals surface area contributed by atoms with Gasteiger partial charge in [0, 0.05) is 23.6 Å². The molecule has 0 fully saturated rings. The van der Waals surface area contributed by atoms with Crippen LogP contribution in [0.5, 0.6) is 0 Å². The average Bonchev–Trinajstić information content (AvgIpc) is 2.41. The van der Waals surface area contributed by atoms with Crippen LogP contribution in [-0.4, -0.2) is 22.0 Å². The zero-order valence-electron chi connectivity index (χ0n) is 11.8. The van der Waals surface area contributed by atoms with Gasteiger partial charge in [0.1, 0.15) is 0 Å². The highest BCUT2D eigenvalue weighted by Gasteiger charge is 2.20. The Kier molecular flexibility index (Phi) is 3.98. The number of esters is 1. The molecule has 0 radical (unpaired) electrons. The second-order valence-corrected chi connectivity index (χ2v) is 4.76. The maximum absolute atomic E-state index is 12.3. The molecule has 0 unspecified atom stereocenters. The molecule has 5 nitrogen and oxygen atoms in total. The number of aryl methyl sites for hydroxylation is 1. The molecule has 2 rings (SSSR count). The Hall–Kier alpha value is -2.43. The van der Waals surface area contributed by atoms with Crippen molar-refractivity contribution >= 4 is 11.7 Å². The number of anilines is 1. The summed E-state index contributed by atoms with van der Waals surface area (Å²) in [6.45, 7) is 5.44. The van der Waals surface area contributed by atoms with Gasteiger partial charge >= 0.3 is 5.97 Å². The molecule has 0 atom stereocenters. The van der Waals surface area contributed by atoms with Crippen LogP contribution < -0.4 is 5.73 Å². The van der Waals surface area contributed by atoms with E-state index in [-0.39, 0.29) is 6.10 Å². The monoisotopic (exact) mass is 271 g/mol. The Balaban J connectivity index is 2.58. The largest absolute Gasteiger partial charge is 0.459 e. The molecule has 0 saturated carbocycles. The predicted octanol–water partition coefficient (Wildman–Crippen LogP) is 2.60. The highest BCUT2D eigenvalue weighted by molar-refractivity contribution is 6.02. The Morgan fingerprint density at radius 2 is 2.05 bits per heavy atom. The van der Waals surface area contributed by atoms with Gasteiger partial charge in [-0.2, -0.15) is 0 Å². The lowest BCUT2D eigenvalue weighted by atomic mass is 9.99. The van der Waals surface area contributed by atoms with Crippen molar-refractivity contribution in [1.82, 2.24) is 9.97 Å². The number of hydrogen-bond donors (Lipinski definition) is 1. The average molecular weight is 271 g/mol. The summed E-state index contributed by atoms with van der Waals surface area (Å²) in [4.78, 5) is 20.5. The molecule has 0 spiro atoms. The Labute approximate surface area is 117 Å². The van der Waals surface area contributed by atoms with Gasteiger partial charge in [-0.1, -0.05) is 12.1 Å². The van der Waals surface area contributed by atoms with Crippen molar-refractivity contribution in [3.05, 3.63) is 41.9 Å². The number of rotatable bonds is 3. The standard InChI is InChI=1S/C15H17N3O2/c1-9(2)20-15(19)13-11(5-4-10(3)14(13)16)12-8-17-6-7-18-12/h4-9H,16H2,1-3H3. The van der Waals surface area contributed by atoms with Crippen molar-refractivity contribution in [2.24, 2.45) is 0 Å². The van der Waals surface area contributed by atoms with Crippen LogP contribution in [0, 0.1) is 6.92 Å². The summed E-state index contributed by atoms with van der Waals surface area (Å²) in [6, 6.07) is 3.66. The fraction of sp³-hybridized carbons (Fsp3) is 0.267. The summed E-state index contributed by atoms with van der Waals surface area (Å²) >= 11 is 0. The number of nitrogens with two attached hydrogens (primary N) is 1. The van der Waals surface area contributed by atoms with E-state index in [0.29, 0.717) is 22.5 Å². The maximum atomic E-state index is 12.3. The zero-order valence-corrected chi connectivity index (χ0v) is 11.8. The second-order valence-electron chi connectivity index (χ2n) is 4.76. The van der Waals surface area contributed by atoms with Crippen molar-refractivity contribution in [3.8, 4) is 11.3 Å². The highest BCUT2D eigenvalue weighted by Crippen LogP contribution is 2.29. The van der Waals surface area contributed by atoms with E-state index in [4.69, 9.17) is 10.5 Å². The van der Waals surface area contributed by atoms with Gasteiger partial charge in [0.05, 0.1) is 23.6 Å². The third-order valence-corrected chi connectivity index (χ3v) is 2.85. The molecule has 2 aromatic rings. The smallest absolute Gasteiger partial charge is 0.341 e. The summed E-state index contributed by atoms with van der Waals surface area (Å²) in [7, 11) is 0. The first-order chi connectivity index (χ1) is 9.50. The van der Waals surface area contributed by atoms with Crippen molar-refractivity contribution in [2.45, 2.75) is 26.9 Å². The number of ether oxygens (including phenoxy) is 1. The third-order valence-electron chi connectivity index (χ3n) is 2.85. The second kappa shape index (κ2) is 5.69. The summed E-state index contributed by atoms with van der Waals surface area (Å²) in [6.07, 6.45) is 4.53. The van der Waals surface area contributed by atoms with Gasteiger partial charge in [0.2, 0.25) is 0 Å². The van der Waals surface area contributed by atoms with E-state index in [1.165, 1.54) is 0 Å². The highest BCUT2D eigenvalue weighted by atomic mass is 16.5. The van der Waals surface area contributed by atoms with Crippen LogP contribution in [0.4, 0.5) is 5.69 Å². The van der Waals surface area contributed by atoms with Crippen molar-refractivity contribution in [3.63, 3.8) is 0 Å². The minimum Gasteiger partial charge on any atom is -0.459 e. The topological polar surface area (TPSA) is 78.1 Å². The molecular formula is C15H17N3O2. The number of benzene rings is 1. The van der Waals surface area contributed by atoms with Crippen LogP contribution in [0.3, 0.4) is 0 Å². The zero-order chi connectivity index (χ0) is 14.7. The van der Waals surface area contributed by atoms with Crippen molar-refractivity contribution < 1.29 is 9.53 Å². The van der Waals surface area contributed by atoms with Crippen LogP contribution in [0.1, 0.15) is 29.8 Å². The van der Waals surface area contributed by atoms with Crippen LogP contribution in [0.15, 0.2) is 30.7 Å². The molecule has 104 valence electrons. The van der Waals surface area contributed by atoms with Crippen molar-refractivity contribution in [2.75, 3.05) is 5.73 Å². The van der Waals surface area contributed by atoms with Gasteiger partial charge in [-0.25, -0.2) is 4.79 Å². The molecule has 0 aliphatic rings. The predicted molar refractivity (Wildman–Crippen MR) is 77.2 cm³/mol. The number of carbonyl (C=O) groups is 1. The molecule has 0 aliphatic heterocycles. The molecule has 0 aliphatic carbocycles. The van der Waals surface area contributed by atoms with Gasteiger partial charge in [-0.15, -0.1) is 0 Å². The molecule has 1 heterocycles. The molecule has 1 aromatic carbocycles. The third kappa shape index (κ3) is 2.77. The molecule has 0 saturated heterocycles. The minimum atomic E-state index is -0.443. The van der Waals surface area contributed by atoms with E-state index in [1.807, 2.05) is 19.1 Å². The number of aromatic nitrogens is 2. The van der Waals surface area contributed by atoms with Gasteiger partial charge in [0.15, 0.2) is 0 Å². The Morgan fingerprint density at radius 1 is 1.30 bits per heavy atom. The van der Waals surface area contributed by atoms with E-state index >= 15 is 0 Å². The minimum absolute atomic E-state index is 0.211. The van der Waals surface area contributed by atoms with E-state index in [0.717, 1.165) is 5.56 Å². The molecule has 2 N–H and O–H groups in total. The molecular weight excluding hydrogens is 254 g/mol. The lowest BCUT2D eigenvalue weighted by Crippen LogP contribution is -2.15. The van der Waals surface area contributed by atoms with Crippen LogP contribution in [0.25, 0.3) is 11.3 Å².